The van der Waals surface area contributed by atoms with Crippen LogP contribution in [-0.4, -0.2) is 47.3 Å². The number of halogens is 1. The van der Waals surface area contributed by atoms with E-state index in [4.69, 9.17) is 16.3 Å². The molecule has 2 aromatic heterocycles. The molecule has 6 rings (SSSR count). The first-order valence-corrected chi connectivity index (χ1v) is 11.7. The van der Waals surface area contributed by atoms with Crippen molar-refractivity contribution in [2.24, 2.45) is 0 Å². The van der Waals surface area contributed by atoms with Gasteiger partial charge in [-0.1, -0.05) is 29.8 Å². The number of nitrogens with one attached hydrogen (secondary N) is 3. The van der Waals surface area contributed by atoms with Crippen LogP contribution in [0.25, 0.3) is 11.0 Å². The van der Waals surface area contributed by atoms with Crippen LogP contribution < -0.4 is 20.3 Å². The van der Waals surface area contributed by atoms with Gasteiger partial charge in [0, 0.05) is 31.4 Å². The number of aromatic amines is 1. The van der Waals surface area contributed by atoms with Crippen molar-refractivity contribution in [3.8, 4) is 11.5 Å². The zero-order valence-electron chi connectivity index (χ0n) is 18.9. The van der Waals surface area contributed by atoms with Crippen molar-refractivity contribution >= 4 is 45.7 Å². The van der Waals surface area contributed by atoms with Crippen LogP contribution in [0, 0.1) is 0 Å². The third-order valence-electron chi connectivity index (χ3n) is 6.69. The van der Waals surface area contributed by atoms with E-state index < -0.39 is 5.54 Å². The molecule has 2 aliphatic rings. The number of aromatic nitrogens is 2. The minimum Gasteiger partial charge on any atom is -0.457 e. The smallest absolute Gasteiger partial charge is 0.253 e. The number of benzene rings is 2. The lowest BCUT2D eigenvalue weighted by molar-refractivity contribution is -0.122. The van der Waals surface area contributed by atoms with Gasteiger partial charge < -0.3 is 25.3 Å². The summed E-state index contributed by atoms with van der Waals surface area (Å²) in [4.78, 5) is 36.0. The summed E-state index contributed by atoms with van der Waals surface area (Å²) >= 11 is 6.54. The van der Waals surface area contributed by atoms with Crippen molar-refractivity contribution in [1.29, 1.82) is 0 Å². The Bertz CT molecular complexity index is 1480. The maximum atomic E-state index is 13.7. The first kappa shape index (κ1) is 21.6. The summed E-state index contributed by atoms with van der Waals surface area (Å²) in [7, 11) is 1.74. The van der Waals surface area contributed by atoms with Crippen molar-refractivity contribution in [2.45, 2.75) is 12.0 Å². The predicted octanol–water partition coefficient (Wildman–Crippen LogP) is 4.36. The summed E-state index contributed by atoms with van der Waals surface area (Å²) in [6.07, 6.45) is 3.94. The Kier molecular flexibility index (Phi) is 5.01. The molecule has 0 aliphatic carbocycles. The van der Waals surface area contributed by atoms with E-state index >= 15 is 0 Å². The van der Waals surface area contributed by atoms with Crippen LogP contribution in [0.1, 0.15) is 22.3 Å². The number of carbonyl (C=O) groups excluding carboxylic acids is 2. The molecule has 0 saturated carbocycles. The molecule has 1 atom stereocenters. The van der Waals surface area contributed by atoms with E-state index in [2.05, 4.69) is 20.6 Å². The van der Waals surface area contributed by atoms with E-state index in [0.29, 0.717) is 58.0 Å². The monoisotopic (exact) mass is 487 g/mol. The first-order valence-electron chi connectivity index (χ1n) is 11.3. The van der Waals surface area contributed by atoms with Gasteiger partial charge in [0.1, 0.15) is 22.7 Å². The van der Waals surface area contributed by atoms with Crippen LogP contribution >= 0.6 is 11.6 Å². The van der Waals surface area contributed by atoms with E-state index in [1.54, 1.807) is 42.5 Å². The van der Waals surface area contributed by atoms with Crippen LogP contribution in [0.4, 0.5) is 11.4 Å². The quantitative estimate of drug-likeness (QED) is 0.370. The minimum absolute atomic E-state index is 0.0170. The molecule has 8 nitrogen and oxygen atoms in total. The molecule has 1 fully saturated rings. The molecular formula is C26H22ClN5O3. The van der Waals surface area contributed by atoms with E-state index in [1.165, 1.54) is 0 Å². The summed E-state index contributed by atoms with van der Waals surface area (Å²) < 4.78 is 5.84. The van der Waals surface area contributed by atoms with Gasteiger partial charge in [0.25, 0.3) is 5.91 Å². The Balaban J connectivity index is 1.40. The molecule has 176 valence electrons. The zero-order chi connectivity index (χ0) is 24.2. The number of H-pyrrole nitrogens is 1. The third kappa shape index (κ3) is 3.45. The van der Waals surface area contributed by atoms with E-state index in [-0.39, 0.29) is 16.7 Å². The number of amides is 1. The molecule has 4 heterocycles. The molecule has 1 amide bonds. The number of pyridine rings is 1. The van der Waals surface area contributed by atoms with Crippen LogP contribution in [0.5, 0.6) is 11.5 Å². The summed E-state index contributed by atoms with van der Waals surface area (Å²) in [5.41, 5.74) is 1.93. The minimum atomic E-state index is -0.748. The van der Waals surface area contributed by atoms with Crippen LogP contribution in [0.15, 0.2) is 60.9 Å². The second-order valence-electron chi connectivity index (χ2n) is 8.83. The Morgan fingerprint density at radius 2 is 1.97 bits per heavy atom. The Labute approximate surface area is 206 Å². The molecule has 1 spiro atoms. The maximum absolute atomic E-state index is 13.7. The Morgan fingerprint density at radius 1 is 1.14 bits per heavy atom. The van der Waals surface area contributed by atoms with Crippen molar-refractivity contribution in [3.05, 3.63) is 77.1 Å². The lowest BCUT2D eigenvalue weighted by Gasteiger charge is -2.40. The second kappa shape index (κ2) is 8.11. The highest BCUT2D eigenvalue weighted by atomic mass is 35.5. The normalized spacial score (nSPS) is 19.1. The van der Waals surface area contributed by atoms with Gasteiger partial charge in [-0.15, -0.1) is 0 Å². The number of ether oxygens (including phenoxy) is 1. The molecule has 3 N–H and O–H groups in total. The summed E-state index contributed by atoms with van der Waals surface area (Å²) in [6, 6.07) is 14.4. The van der Waals surface area contributed by atoms with Gasteiger partial charge in [0.15, 0.2) is 5.78 Å². The second-order valence-corrected chi connectivity index (χ2v) is 9.24. The Morgan fingerprint density at radius 3 is 2.71 bits per heavy atom. The third-order valence-corrected chi connectivity index (χ3v) is 7.00. The van der Waals surface area contributed by atoms with Gasteiger partial charge in [-0.3, -0.25) is 9.59 Å². The molecule has 1 saturated heterocycles. The lowest BCUT2D eigenvalue weighted by atomic mass is 9.91. The maximum Gasteiger partial charge on any atom is 0.253 e. The largest absolute Gasteiger partial charge is 0.457 e. The number of ketones is 1. The SMILES string of the molecule is CN1C(=O)C2(CCNC2)Nc2c1cnc1[nH]cc(C(=O)c3ccc(Oc4ccccc4)cc3Cl)c21. The predicted molar refractivity (Wildman–Crippen MR) is 135 cm³/mol. The number of hydrogen-bond acceptors (Lipinski definition) is 6. The summed E-state index contributed by atoms with van der Waals surface area (Å²) in [5.74, 6) is 0.949. The van der Waals surface area contributed by atoms with Gasteiger partial charge in [-0.05, 0) is 37.2 Å². The van der Waals surface area contributed by atoms with Crippen molar-refractivity contribution < 1.29 is 14.3 Å². The van der Waals surface area contributed by atoms with Crippen LogP contribution in [-0.2, 0) is 4.79 Å². The number of carbonyl (C=O) groups is 2. The van der Waals surface area contributed by atoms with Crippen LogP contribution in [0.2, 0.25) is 5.02 Å². The summed E-state index contributed by atoms with van der Waals surface area (Å²) in [6.45, 7) is 1.25. The van der Waals surface area contributed by atoms with Crippen molar-refractivity contribution in [2.75, 3.05) is 30.4 Å². The fourth-order valence-electron chi connectivity index (χ4n) is 4.86. The molecule has 0 radical (unpaired) electrons. The van der Waals surface area contributed by atoms with Crippen LogP contribution in [0.3, 0.4) is 0 Å². The molecule has 35 heavy (non-hydrogen) atoms. The average Bonchev–Trinajstić information content (AvgIpc) is 3.51. The average molecular weight is 488 g/mol. The molecule has 1 unspecified atom stereocenters. The fourth-order valence-corrected chi connectivity index (χ4v) is 5.12. The van der Waals surface area contributed by atoms with E-state index in [9.17, 15) is 9.59 Å². The Hall–Kier alpha value is -3.88. The topological polar surface area (TPSA) is 99.4 Å². The highest BCUT2D eigenvalue weighted by Crippen LogP contribution is 2.42. The van der Waals surface area contributed by atoms with Gasteiger partial charge in [0.2, 0.25) is 0 Å². The van der Waals surface area contributed by atoms with Crippen molar-refractivity contribution in [1.82, 2.24) is 15.3 Å². The number of hydrogen-bond donors (Lipinski definition) is 3. The molecule has 4 aromatic rings. The van der Waals surface area contributed by atoms with E-state index in [0.717, 1.165) is 6.54 Å². The number of para-hydroxylation sites is 1. The van der Waals surface area contributed by atoms with Crippen molar-refractivity contribution in [3.63, 3.8) is 0 Å². The van der Waals surface area contributed by atoms with Gasteiger partial charge in [0.05, 0.1) is 33.5 Å². The molecule has 2 aliphatic heterocycles. The van der Waals surface area contributed by atoms with Gasteiger partial charge in [-0.2, -0.15) is 0 Å². The zero-order valence-corrected chi connectivity index (χ0v) is 19.6. The first-order chi connectivity index (χ1) is 17.0. The lowest BCUT2D eigenvalue weighted by Crippen LogP contribution is -2.57. The number of rotatable bonds is 4. The molecule has 2 aromatic carbocycles. The number of fused-ring (bicyclic) bond motifs is 3. The molecule has 9 heteroatoms. The molecular weight excluding hydrogens is 466 g/mol. The van der Waals surface area contributed by atoms with Gasteiger partial charge in [-0.25, -0.2) is 4.98 Å². The highest BCUT2D eigenvalue weighted by Gasteiger charge is 2.47. The highest BCUT2D eigenvalue weighted by molar-refractivity contribution is 6.36. The number of likely N-dealkylation sites (N-methyl/N-ethyl adjacent to an activating group) is 1. The number of nitrogens with zero attached hydrogens (tertiary/aromatic N) is 2. The van der Waals surface area contributed by atoms with Gasteiger partial charge >= 0.3 is 0 Å². The standard InChI is InChI=1S/C26H22ClN5O3/c1-32-20-13-30-24-21(22(20)31-26(25(32)34)9-10-28-14-26)18(12-29-24)23(33)17-8-7-16(11-19(17)27)35-15-5-3-2-4-6-15/h2-8,11-13,28,31H,9-10,14H2,1H3,(H,29,30). The van der Waals surface area contributed by atoms with E-state index in [1.807, 2.05) is 30.3 Å². The summed E-state index contributed by atoms with van der Waals surface area (Å²) in [5, 5.41) is 7.65. The molecule has 0 bridgehead atoms. The number of anilines is 2. The fraction of sp³-hybridized carbons (Fsp3) is 0.192.